The predicted octanol–water partition coefficient (Wildman–Crippen LogP) is 4.71. The van der Waals surface area contributed by atoms with E-state index >= 15 is 0 Å². The van der Waals surface area contributed by atoms with Crippen molar-refractivity contribution in [1.82, 2.24) is 15.0 Å². The van der Waals surface area contributed by atoms with Crippen LogP contribution >= 0.6 is 15.9 Å². The number of rotatable bonds is 3. The van der Waals surface area contributed by atoms with Crippen LogP contribution < -0.4 is 0 Å². The zero-order chi connectivity index (χ0) is 16.8. The lowest BCUT2D eigenvalue weighted by Crippen LogP contribution is -1.87. The highest BCUT2D eigenvalue weighted by atomic mass is 79.9. The van der Waals surface area contributed by atoms with Crippen molar-refractivity contribution in [1.29, 1.82) is 0 Å². The van der Waals surface area contributed by atoms with Crippen molar-refractivity contribution < 1.29 is 8.81 Å². The normalized spacial score (nSPS) is 9.91. The van der Waals surface area contributed by atoms with E-state index in [9.17, 15) is 4.39 Å². The van der Waals surface area contributed by atoms with Gasteiger partial charge in [-0.3, -0.25) is 0 Å². The van der Waals surface area contributed by atoms with Crippen molar-refractivity contribution in [3.63, 3.8) is 0 Å². The third-order valence-corrected chi connectivity index (χ3v) is 2.55. The molecular formula is C16H17BrFN3O. The molecular weight excluding hydrogens is 349 g/mol. The molecule has 0 spiro atoms. The molecule has 2 heterocycles. The summed E-state index contributed by atoms with van der Waals surface area (Å²) in [5, 5.41) is 0. The standard InChI is InChI=1S/C10H8BrN3O.C4H7F.C2H2/c1-2-4-7-14-8(9(11)15-7)10-12-5-3-6-13-10;1-2-3-4-5;1-2/h2-6H,1H3;2-3H,4H2,1H3;1-2H/b4-2+;3-2-;. The Morgan fingerprint density at radius 3 is 2.32 bits per heavy atom. The summed E-state index contributed by atoms with van der Waals surface area (Å²) in [6, 6.07) is 1.75. The number of halogens is 2. The van der Waals surface area contributed by atoms with Gasteiger partial charge in [-0.15, -0.1) is 12.8 Å². The molecule has 0 unspecified atom stereocenters. The van der Waals surface area contributed by atoms with Crippen molar-refractivity contribution in [2.75, 3.05) is 6.67 Å². The molecule has 0 saturated carbocycles. The summed E-state index contributed by atoms with van der Waals surface area (Å²) in [7, 11) is 0. The van der Waals surface area contributed by atoms with Crippen molar-refractivity contribution in [2.24, 2.45) is 0 Å². The molecule has 0 radical (unpaired) electrons. The quantitative estimate of drug-likeness (QED) is 0.583. The van der Waals surface area contributed by atoms with Gasteiger partial charge in [-0.25, -0.2) is 19.3 Å². The van der Waals surface area contributed by atoms with Gasteiger partial charge in [-0.1, -0.05) is 18.2 Å². The Hall–Kier alpha value is -2.26. The van der Waals surface area contributed by atoms with Crippen LogP contribution in [0.4, 0.5) is 4.39 Å². The highest BCUT2D eigenvalue weighted by molar-refractivity contribution is 9.10. The maximum Gasteiger partial charge on any atom is 0.220 e. The van der Waals surface area contributed by atoms with E-state index in [1.807, 2.05) is 13.0 Å². The summed E-state index contributed by atoms with van der Waals surface area (Å²) in [4.78, 5) is 12.4. The Balaban J connectivity index is 0.000000540. The fraction of sp³-hybridized carbons (Fsp3) is 0.188. The van der Waals surface area contributed by atoms with Crippen LogP contribution in [0.5, 0.6) is 0 Å². The molecule has 0 aromatic carbocycles. The molecule has 2 aromatic heterocycles. The molecule has 116 valence electrons. The molecule has 6 heteroatoms. The lowest BCUT2D eigenvalue weighted by Gasteiger charge is -1.91. The Morgan fingerprint density at radius 2 is 1.86 bits per heavy atom. The van der Waals surface area contributed by atoms with Crippen molar-refractivity contribution in [3.05, 3.63) is 47.2 Å². The van der Waals surface area contributed by atoms with E-state index in [1.54, 1.807) is 37.5 Å². The number of hydrogen-bond donors (Lipinski definition) is 0. The fourth-order valence-corrected chi connectivity index (χ4v) is 1.61. The zero-order valence-corrected chi connectivity index (χ0v) is 14.0. The van der Waals surface area contributed by atoms with Crippen LogP contribution in [0.15, 0.2) is 45.8 Å². The summed E-state index contributed by atoms with van der Waals surface area (Å²) in [5.41, 5.74) is 0.615. The van der Waals surface area contributed by atoms with Crippen molar-refractivity contribution >= 4 is 22.0 Å². The van der Waals surface area contributed by atoms with Crippen LogP contribution in [0, 0.1) is 12.8 Å². The van der Waals surface area contributed by atoms with E-state index in [2.05, 4.69) is 43.7 Å². The van der Waals surface area contributed by atoms with Crippen molar-refractivity contribution in [3.8, 4) is 24.4 Å². The second-order valence-corrected chi connectivity index (χ2v) is 4.19. The van der Waals surface area contributed by atoms with Gasteiger partial charge in [0.1, 0.15) is 6.67 Å². The van der Waals surface area contributed by atoms with Crippen LogP contribution in [0.2, 0.25) is 0 Å². The molecule has 22 heavy (non-hydrogen) atoms. The Bertz CT molecular complexity index is 606. The number of aromatic nitrogens is 3. The van der Waals surface area contributed by atoms with Gasteiger partial charge in [0.2, 0.25) is 10.6 Å². The average Bonchev–Trinajstić information content (AvgIpc) is 2.93. The molecule has 2 rings (SSSR count). The maximum absolute atomic E-state index is 10.9. The van der Waals surface area contributed by atoms with Gasteiger partial charge in [-0.05, 0) is 41.9 Å². The van der Waals surface area contributed by atoms with E-state index in [-0.39, 0.29) is 6.67 Å². The number of hydrogen-bond acceptors (Lipinski definition) is 4. The predicted molar refractivity (Wildman–Crippen MR) is 90.6 cm³/mol. The molecule has 0 atom stereocenters. The topological polar surface area (TPSA) is 51.8 Å². The van der Waals surface area contributed by atoms with Gasteiger partial charge >= 0.3 is 0 Å². The summed E-state index contributed by atoms with van der Waals surface area (Å²) in [5.74, 6) is 1.08. The molecule has 0 saturated heterocycles. The second kappa shape index (κ2) is 12.5. The number of oxazole rings is 1. The van der Waals surface area contributed by atoms with E-state index in [4.69, 9.17) is 4.42 Å². The van der Waals surface area contributed by atoms with Crippen LogP contribution in [-0.4, -0.2) is 21.6 Å². The smallest absolute Gasteiger partial charge is 0.220 e. The minimum atomic E-state index is -0.337. The molecule has 0 N–H and O–H groups in total. The van der Waals surface area contributed by atoms with E-state index in [0.717, 1.165) is 0 Å². The van der Waals surface area contributed by atoms with Gasteiger partial charge in [0.05, 0.1) is 0 Å². The van der Waals surface area contributed by atoms with Gasteiger partial charge < -0.3 is 4.42 Å². The lowest BCUT2D eigenvalue weighted by molar-refractivity contribution is 0.523. The highest BCUT2D eigenvalue weighted by Gasteiger charge is 2.12. The molecule has 0 bridgehead atoms. The van der Waals surface area contributed by atoms with Gasteiger partial charge in [0.25, 0.3) is 0 Å². The molecule has 0 aliphatic rings. The first-order chi connectivity index (χ1) is 10.7. The summed E-state index contributed by atoms with van der Waals surface area (Å²) in [6.07, 6.45) is 18.1. The van der Waals surface area contributed by atoms with Gasteiger partial charge in [-0.2, -0.15) is 0 Å². The molecule has 2 aromatic rings. The maximum atomic E-state index is 10.9. The first-order valence-electron chi connectivity index (χ1n) is 6.29. The average molecular weight is 366 g/mol. The van der Waals surface area contributed by atoms with E-state index in [1.165, 1.54) is 6.08 Å². The largest absolute Gasteiger partial charge is 0.429 e. The molecule has 0 aliphatic carbocycles. The second-order valence-electron chi connectivity index (χ2n) is 3.47. The van der Waals surface area contributed by atoms with Crippen LogP contribution in [0.3, 0.4) is 0 Å². The first-order valence-corrected chi connectivity index (χ1v) is 7.09. The number of nitrogens with zero attached hydrogens (tertiary/aromatic N) is 3. The zero-order valence-electron chi connectivity index (χ0n) is 12.4. The third-order valence-electron chi connectivity index (χ3n) is 2.01. The first kappa shape index (κ1) is 19.7. The van der Waals surface area contributed by atoms with E-state index in [0.29, 0.717) is 22.1 Å². The SMILES string of the molecule is C#C.C/C=C/c1nc(-c2ncccn2)c(Br)o1.C/C=C\CF. The summed E-state index contributed by atoms with van der Waals surface area (Å²) >= 11 is 3.28. The monoisotopic (exact) mass is 365 g/mol. The van der Waals surface area contributed by atoms with Gasteiger partial charge in [0, 0.05) is 12.4 Å². The Kier molecular flexibility index (Phi) is 11.2. The molecule has 0 aliphatic heterocycles. The third kappa shape index (κ3) is 6.95. The fourth-order valence-electron chi connectivity index (χ4n) is 1.18. The summed E-state index contributed by atoms with van der Waals surface area (Å²) < 4.78 is 16.8. The van der Waals surface area contributed by atoms with Crippen LogP contribution in [-0.2, 0) is 0 Å². The minimum absolute atomic E-state index is 0.337. The number of terminal acetylenes is 1. The minimum Gasteiger partial charge on any atom is -0.429 e. The van der Waals surface area contributed by atoms with E-state index < -0.39 is 0 Å². The van der Waals surface area contributed by atoms with Crippen LogP contribution in [0.25, 0.3) is 17.6 Å². The van der Waals surface area contributed by atoms with Crippen LogP contribution in [0.1, 0.15) is 19.7 Å². The molecule has 0 fully saturated rings. The summed E-state index contributed by atoms with van der Waals surface area (Å²) in [6.45, 7) is 3.35. The number of allylic oxidation sites excluding steroid dienone is 3. The lowest BCUT2D eigenvalue weighted by atomic mass is 10.4. The number of alkyl halides is 1. The molecule has 4 nitrogen and oxygen atoms in total. The molecule has 0 amide bonds. The Labute approximate surface area is 138 Å². The van der Waals surface area contributed by atoms with Gasteiger partial charge in [0.15, 0.2) is 11.5 Å². The Morgan fingerprint density at radius 1 is 1.23 bits per heavy atom. The highest BCUT2D eigenvalue weighted by Crippen LogP contribution is 2.25. The van der Waals surface area contributed by atoms with Crippen molar-refractivity contribution in [2.45, 2.75) is 13.8 Å².